The van der Waals surface area contributed by atoms with E-state index in [2.05, 4.69) is 10.2 Å². The Hall–Kier alpha value is -3.03. The first kappa shape index (κ1) is 17.3. The molecular formula is C14H12N4O5S. The highest BCUT2D eigenvalue weighted by Crippen LogP contribution is 2.26. The molecule has 124 valence electrons. The molecule has 2 rings (SSSR count). The molecule has 1 heterocycles. The van der Waals surface area contributed by atoms with E-state index in [0.717, 1.165) is 10.6 Å². The molecule has 0 saturated heterocycles. The summed E-state index contributed by atoms with van der Waals surface area (Å²) in [6.45, 7) is 1.43. The molecule has 0 bridgehead atoms. The summed E-state index contributed by atoms with van der Waals surface area (Å²) >= 11 is 0. The molecule has 0 aliphatic carbocycles. The van der Waals surface area contributed by atoms with Crippen LogP contribution in [0, 0.1) is 18.3 Å². The lowest BCUT2D eigenvalue weighted by Crippen LogP contribution is -2.18. The predicted molar refractivity (Wildman–Crippen MR) is 83.2 cm³/mol. The maximum atomic E-state index is 12.1. The lowest BCUT2D eigenvalue weighted by molar-refractivity contribution is 0.421. The fourth-order valence-electron chi connectivity index (χ4n) is 1.93. The van der Waals surface area contributed by atoms with Crippen molar-refractivity contribution in [1.29, 1.82) is 5.26 Å². The first-order chi connectivity index (χ1) is 11.2. The van der Waals surface area contributed by atoms with E-state index in [1.165, 1.54) is 32.2 Å². The molecule has 1 aromatic heterocycles. The summed E-state index contributed by atoms with van der Waals surface area (Å²) in [5.74, 6) is -0.479. The highest BCUT2D eigenvalue weighted by Gasteiger charge is 2.17. The number of benzene rings is 1. The highest BCUT2D eigenvalue weighted by atomic mass is 32.2. The van der Waals surface area contributed by atoms with Crippen molar-refractivity contribution < 1.29 is 18.1 Å². The van der Waals surface area contributed by atoms with Crippen LogP contribution in [0.1, 0.15) is 11.1 Å². The average Bonchev–Trinajstić information content (AvgIpc) is 2.53. The Kier molecular flexibility index (Phi) is 4.50. The smallest absolute Gasteiger partial charge is 0.294 e. The minimum absolute atomic E-state index is 0.0816. The van der Waals surface area contributed by atoms with Gasteiger partial charge in [-0.25, -0.2) is 0 Å². The topological polar surface area (TPSA) is 145 Å². The molecule has 0 saturated carbocycles. The van der Waals surface area contributed by atoms with Crippen LogP contribution in [0.4, 0.5) is 11.4 Å². The second-order valence-corrected chi connectivity index (χ2v) is 6.24. The van der Waals surface area contributed by atoms with Crippen molar-refractivity contribution in [3.63, 3.8) is 0 Å². The van der Waals surface area contributed by atoms with Crippen LogP contribution in [0.25, 0.3) is 0 Å². The van der Waals surface area contributed by atoms with Crippen LogP contribution in [-0.2, 0) is 17.2 Å². The molecule has 9 nitrogen and oxygen atoms in total. The fourth-order valence-corrected chi connectivity index (χ4v) is 2.45. The molecule has 1 aromatic carbocycles. The van der Waals surface area contributed by atoms with Gasteiger partial charge in [0.1, 0.15) is 11.6 Å². The molecule has 2 aromatic rings. The lowest BCUT2D eigenvalue weighted by Gasteiger charge is -2.08. The number of aromatic nitrogens is 1. The van der Waals surface area contributed by atoms with E-state index in [4.69, 9.17) is 9.81 Å². The Labute approximate surface area is 136 Å². The summed E-state index contributed by atoms with van der Waals surface area (Å²) in [7, 11) is -3.12. The predicted octanol–water partition coefficient (Wildman–Crippen LogP) is 1.93. The van der Waals surface area contributed by atoms with Gasteiger partial charge in [0, 0.05) is 12.6 Å². The Morgan fingerprint density at radius 3 is 2.54 bits per heavy atom. The van der Waals surface area contributed by atoms with E-state index in [9.17, 15) is 18.3 Å². The molecule has 0 radical (unpaired) electrons. The minimum Gasteiger partial charge on any atom is -0.493 e. The quantitative estimate of drug-likeness (QED) is 0.640. The van der Waals surface area contributed by atoms with Gasteiger partial charge in [0.05, 0.1) is 10.6 Å². The zero-order valence-electron chi connectivity index (χ0n) is 12.6. The summed E-state index contributed by atoms with van der Waals surface area (Å²) in [5.41, 5.74) is -0.716. The Bertz CT molecular complexity index is 1050. The van der Waals surface area contributed by atoms with E-state index in [1.807, 2.05) is 0 Å². The number of rotatable bonds is 3. The standard InChI is InChI=1S/C14H12N4O5S/c1-8-11(7-15)13(19)18(2)14(20)12(8)17-16-9-4-3-5-10(6-9)24(21,22)23/h3-6,19H,1-2H3,(H,21,22,23). The van der Waals surface area contributed by atoms with Gasteiger partial charge in [-0.3, -0.25) is 13.9 Å². The molecule has 0 aliphatic rings. The van der Waals surface area contributed by atoms with Crippen molar-refractivity contribution in [2.75, 3.05) is 0 Å². The molecular weight excluding hydrogens is 336 g/mol. The van der Waals surface area contributed by atoms with Crippen LogP contribution in [0.5, 0.6) is 5.88 Å². The van der Waals surface area contributed by atoms with Crippen molar-refractivity contribution in [2.45, 2.75) is 11.8 Å². The number of nitriles is 1. The second-order valence-electron chi connectivity index (χ2n) is 4.82. The third-order valence-electron chi connectivity index (χ3n) is 3.27. The number of aromatic hydroxyl groups is 1. The van der Waals surface area contributed by atoms with Gasteiger partial charge in [-0.2, -0.15) is 18.8 Å². The third-order valence-corrected chi connectivity index (χ3v) is 4.12. The number of azo groups is 1. The van der Waals surface area contributed by atoms with Crippen LogP contribution < -0.4 is 5.56 Å². The van der Waals surface area contributed by atoms with Crippen LogP contribution in [0.3, 0.4) is 0 Å². The van der Waals surface area contributed by atoms with E-state index in [0.29, 0.717) is 0 Å². The van der Waals surface area contributed by atoms with E-state index < -0.39 is 21.6 Å². The number of hydrogen-bond donors (Lipinski definition) is 2. The van der Waals surface area contributed by atoms with Gasteiger partial charge in [-0.1, -0.05) is 6.07 Å². The minimum atomic E-state index is -4.39. The third kappa shape index (κ3) is 3.17. The van der Waals surface area contributed by atoms with E-state index in [1.54, 1.807) is 6.07 Å². The van der Waals surface area contributed by atoms with Gasteiger partial charge in [0.2, 0.25) is 5.88 Å². The molecule has 2 N–H and O–H groups in total. The maximum Gasteiger partial charge on any atom is 0.294 e. The number of nitrogens with zero attached hydrogens (tertiary/aromatic N) is 4. The first-order valence-corrected chi connectivity index (χ1v) is 7.92. The molecule has 0 unspecified atom stereocenters. The van der Waals surface area contributed by atoms with Crippen LogP contribution in [0.15, 0.2) is 44.2 Å². The molecule has 0 aliphatic heterocycles. The highest BCUT2D eigenvalue weighted by molar-refractivity contribution is 7.85. The van der Waals surface area contributed by atoms with Gasteiger partial charge >= 0.3 is 0 Å². The average molecular weight is 348 g/mol. The van der Waals surface area contributed by atoms with Gasteiger partial charge in [0.25, 0.3) is 15.7 Å². The summed E-state index contributed by atoms with van der Waals surface area (Å²) in [6.07, 6.45) is 0. The zero-order chi connectivity index (χ0) is 18.1. The molecule has 0 atom stereocenters. The molecule has 0 spiro atoms. The lowest BCUT2D eigenvalue weighted by atomic mass is 10.1. The normalized spacial score (nSPS) is 11.6. The van der Waals surface area contributed by atoms with Crippen molar-refractivity contribution in [3.05, 3.63) is 45.7 Å². The fraction of sp³-hybridized carbons (Fsp3) is 0.143. The zero-order valence-corrected chi connectivity index (χ0v) is 13.4. The summed E-state index contributed by atoms with van der Waals surface area (Å²) in [6, 6.07) is 6.79. The SMILES string of the molecule is Cc1c(C#N)c(O)n(C)c(=O)c1N=Nc1cccc(S(=O)(=O)O)c1. The van der Waals surface area contributed by atoms with Crippen molar-refractivity contribution in [1.82, 2.24) is 4.57 Å². The number of pyridine rings is 1. The number of hydrogen-bond acceptors (Lipinski definition) is 7. The van der Waals surface area contributed by atoms with Crippen molar-refractivity contribution >= 4 is 21.5 Å². The van der Waals surface area contributed by atoms with Crippen molar-refractivity contribution in [3.8, 4) is 11.9 Å². The van der Waals surface area contributed by atoms with E-state index in [-0.39, 0.29) is 27.4 Å². The molecule has 0 fully saturated rings. The molecule has 10 heteroatoms. The van der Waals surface area contributed by atoms with Crippen LogP contribution in [-0.4, -0.2) is 22.6 Å². The Morgan fingerprint density at radius 2 is 1.96 bits per heavy atom. The van der Waals surface area contributed by atoms with Gasteiger partial charge in [-0.05, 0) is 25.1 Å². The monoisotopic (exact) mass is 348 g/mol. The molecule has 24 heavy (non-hydrogen) atoms. The van der Waals surface area contributed by atoms with Gasteiger partial charge in [-0.15, -0.1) is 5.11 Å². The first-order valence-electron chi connectivity index (χ1n) is 6.48. The second kappa shape index (κ2) is 6.23. The van der Waals surface area contributed by atoms with Crippen LogP contribution >= 0.6 is 0 Å². The molecule has 0 amide bonds. The summed E-state index contributed by atoms with van der Waals surface area (Å²) in [5, 5.41) is 26.4. The summed E-state index contributed by atoms with van der Waals surface area (Å²) < 4.78 is 32.1. The largest absolute Gasteiger partial charge is 0.493 e. The Balaban J connectivity index is 2.58. The Morgan fingerprint density at radius 1 is 1.29 bits per heavy atom. The van der Waals surface area contributed by atoms with Gasteiger partial charge in [0.15, 0.2) is 5.69 Å². The van der Waals surface area contributed by atoms with Crippen molar-refractivity contribution in [2.24, 2.45) is 17.3 Å². The van der Waals surface area contributed by atoms with Crippen LogP contribution in [0.2, 0.25) is 0 Å². The van der Waals surface area contributed by atoms with E-state index >= 15 is 0 Å². The summed E-state index contributed by atoms with van der Waals surface area (Å²) in [4.78, 5) is 11.8. The van der Waals surface area contributed by atoms with Gasteiger partial charge < -0.3 is 5.11 Å². The maximum absolute atomic E-state index is 12.1.